The van der Waals surface area contributed by atoms with Gasteiger partial charge in [0.2, 0.25) is 5.91 Å². The number of carbonyl (C=O) groups is 1. The number of methoxy groups -OCH3 is 1. The van der Waals surface area contributed by atoms with E-state index in [1.807, 2.05) is 45.0 Å². The Kier molecular flexibility index (Phi) is 5.67. The molecular weight excluding hydrogens is 294 g/mol. The van der Waals surface area contributed by atoms with Crippen LogP contribution in [0, 0.1) is 0 Å². The molecule has 0 saturated carbocycles. The van der Waals surface area contributed by atoms with Gasteiger partial charge in [-0.25, -0.2) is 0 Å². The number of rotatable bonds is 7. The third-order valence-corrected chi connectivity index (χ3v) is 3.51. The van der Waals surface area contributed by atoms with Gasteiger partial charge in [-0.05, 0) is 43.2 Å². The summed E-state index contributed by atoms with van der Waals surface area (Å²) in [6.45, 7) is 5.95. The van der Waals surface area contributed by atoms with Gasteiger partial charge in [-0.2, -0.15) is 4.80 Å². The predicted molar refractivity (Wildman–Crippen MR) is 86.1 cm³/mol. The smallest absolute Gasteiger partial charge is 0.228 e. The standard InChI is InChI=1S/C16H23N5O2/c1-5-14(12-6-8-13(23-4)9-7-12)17-16(22)10-15-18-20-21(19-15)11(2)3/h6-9,11,14H,5,10H2,1-4H3,(H,17,22)/t14-/m1/s1. The molecule has 0 spiro atoms. The Bertz CT molecular complexity index is 636. The maximum atomic E-state index is 12.2. The van der Waals surface area contributed by atoms with E-state index in [0.29, 0.717) is 5.82 Å². The van der Waals surface area contributed by atoms with Crippen molar-refractivity contribution in [2.24, 2.45) is 0 Å². The summed E-state index contributed by atoms with van der Waals surface area (Å²) < 4.78 is 5.15. The molecule has 0 bridgehead atoms. The number of tetrazole rings is 1. The maximum Gasteiger partial charge on any atom is 0.228 e. The highest BCUT2D eigenvalue weighted by Crippen LogP contribution is 2.20. The Hall–Kier alpha value is -2.44. The van der Waals surface area contributed by atoms with Gasteiger partial charge in [0.1, 0.15) is 5.75 Å². The highest BCUT2D eigenvalue weighted by Gasteiger charge is 2.15. The minimum absolute atomic E-state index is 0.0476. The summed E-state index contributed by atoms with van der Waals surface area (Å²) in [5.41, 5.74) is 1.04. The molecule has 23 heavy (non-hydrogen) atoms. The number of benzene rings is 1. The first kappa shape index (κ1) is 16.9. The number of amides is 1. The van der Waals surface area contributed by atoms with Crippen LogP contribution in [0.25, 0.3) is 0 Å². The van der Waals surface area contributed by atoms with Crippen LogP contribution in [0.4, 0.5) is 0 Å². The van der Waals surface area contributed by atoms with Crippen LogP contribution in [0.2, 0.25) is 0 Å². The van der Waals surface area contributed by atoms with Crippen LogP contribution in [0.1, 0.15) is 50.7 Å². The van der Waals surface area contributed by atoms with Gasteiger partial charge in [0.15, 0.2) is 5.82 Å². The number of nitrogens with zero attached hydrogens (tertiary/aromatic N) is 4. The molecular formula is C16H23N5O2. The van der Waals surface area contributed by atoms with Crippen molar-refractivity contribution in [1.82, 2.24) is 25.5 Å². The van der Waals surface area contributed by atoms with Crippen molar-refractivity contribution >= 4 is 5.91 Å². The summed E-state index contributed by atoms with van der Waals surface area (Å²) in [6.07, 6.45) is 0.920. The molecule has 0 aliphatic heterocycles. The molecule has 1 N–H and O–H groups in total. The van der Waals surface area contributed by atoms with Crippen LogP contribution >= 0.6 is 0 Å². The highest BCUT2D eigenvalue weighted by molar-refractivity contribution is 5.78. The molecule has 7 nitrogen and oxygen atoms in total. The number of hydrogen-bond acceptors (Lipinski definition) is 5. The van der Waals surface area contributed by atoms with E-state index >= 15 is 0 Å². The molecule has 1 aromatic heterocycles. The zero-order valence-corrected chi connectivity index (χ0v) is 14.0. The van der Waals surface area contributed by atoms with Gasteiger partial charge in [-0.3, -0.25) is 4.79 Å². The first-order valence-corrected chi connectivity index (χ1v) is 7.75. The van der Waals surface area contributed by atoms with Gasteiger partial charge in [-0.1, -0.05) is 19.1 Å². The van der Waals surface area contributed by atoms with Crippen molar-refractivity contribution in [1.29, 1.82) is 0 Å². The zero-order valence-electron chi connectivity index (χ0n) is 14.0. The minimum atomic E-state index is -0.115. The average Bonchev–Trinajstić information content (AvgIpc) is 3.01. The van der Waals surface area contributed by atoms with Crippen molar-refractivity contribution in [2.45, 2.75) is 45.7 Å². The quantitative estimate of drug-likeness (QED) is 0.845. The van der Waals surface area contributed by atoms with E-state index in [-0.39, 0.29) is 24.4 Å². The van der Waals surface area contributed by atoms with E-state index in [4.69, 9.17) is 4.74 Å². The van der Waals surface area contributed by atoms with Gasteiger partial charge in [0.05, 0.1) is 25.6 Å². The fraction of sp³-hybridized carbons (Fsp3) is 0.500. The molecule has 0 aliphatic carbocycles. The van der Waals surface area contributed by atoms with E-state index in [1.54, 1.807) is 7.11 Å². The van der Waals surface area contributed by atoms with Crippen LogP contribution in [0.15, 0.2) is 24.3 Å². The number of ether oxygens (including phenoxy) is 1. The molecule has 0 aliphatic rings. The Balaban J connectivity index is 1.98. The van der Waals surface area contributed by atoms with E-state index < -0.39 is 0 Å². The molecule has 1 amide bonds. The van der Waals surface area contributed by atoms with Crippen LogP contribution in [-0.2, 0) is 11.2 Å². The SMILES string of the molecule is CC[C@@H](NC(=O)Cc1nnn(C(C)C)n1)c1ccc(OC)cc1. The normalized spacial score (nSPS) is 12.2. The van der Waals surface area contributed by atoms with E-state index in [1.165, 1.54) is 4.80 Å². The van der Waals surface area contributed by atoms with Gasteiger partial charge in [0.25, 0.3) is 0 Å². The van der Waals surface area contributed by atoms with Gasteiger partial charge in [0, 0.05) is 0 Å². The summed E-state index contributed by atoms with van der Waals surface area (Å²) >= 11 is 0. The largest absolute Gasteiger partial charge is 0.497 e. The Morgan fingerprint density at radius 3 is 2.52 bits per heavy atom. The Morgan fingerprint density at radius 1 is 1.30 bits per heavy atom. The first-order valence-electron chi connectivity index (χ1n) is 7.75. The minimum Gasteiger partial charge on any atom is -0.497 e. The third-order valence-electron chi connectivity index (χ3n) is 3.51. The lowest BCUT2D eigenvalue weighted by Crippen LogP contribution is -2.29. The first-order chi connectivity index (χ1) is 11.0. The highest BCUT2D eigenvalue weighted by atomic mass is 16.5. The van der Waals surface area contributed by atoms with Crippen molar-refractivity contribution < 1.29 is 9.53 Å². The number of nitrogens with one attached hydrogen (secondary N) is 1. The van der Waals surface area contributed by atoms with Gasteiger partial charge < -0.3 is 10.1 Å². The van der Waals surface area contributed by atoms with E-state index in [9.17, 15) is 4.79 Å². The predicted octanol–water partition coefficient (Wildman–Crippen LogP) is 2.07. The lowest BCUT2D eigenvalue weighted by atomic mass is 10.0. The zero-order chi connectivity index (χ0) is 16.8. The van der Waals surface area contributed by atoms with Crippen molar-refractivity contribution in [3.8, 4) is 5.75 Å². The molecule has 0 unspecified atom stereocenters. The molecule has 0 radical (unpaired) electrons. The van der Waals surface area contributed by atoms with Crippen LogP contribution < -0.4 is 10.1 Å². The van der Waals surface area contributed by atoms with Crippen LogP contribution in [-0.4, -0.2) is 33.2 Å². The van der Waals surface area contributed by atoms with Gasteiger partial charge in [-0.15, -0.1) is 10.2 Å². The fourth-order valence-corrected chi connectivity index (χ4v) is 2.19. The van der Waals surface area contributed by atoms with E-state index in [2.05, 4.69) is 20.7 Å². The topological polar surface area (TPSA) is 81.9 Å². The molecule has 124 valence electrons. The summed E-state index contributed by atoms with van der Waals surface area (Å²) in [7, 11) is 1.63. The Labute approximate surface area is 136 Å². The second-order valence-corrected chi connectivity index (χ2v) is 5.60. The number of carbonyl (C=O) groups excluding carboxylic acids is 1. The summed E-state index contributed by atoms with van der Waals surface area (Å²) in [5, 5.41) is 15.0. The Morgan fingerprint density at radius 2 is 2.00 bits per heavy atom. The fourth-order valence-electron chi connectivity index (χ4n) is 2.19. The van der Waals surface area contributed by atoms with Crippen molar-refractivity contribution in [3.05, 3.63) is 35.7 Å². The van der Waals surface area contributed by atoms with E-state index in [0.717, 1.165) is 17.7 Å². The molecule has 7 heteroatoms. The second-order valence-electron chi connectivity index (χ2n) is 5.60. The molecule has 1 heterocycles. The monoisotopic (exact) mass is 317 g/mol. The molecule has 2 rings (SSSR count). The van der Waals surface area contributed by atoms with Crippen molar-refractivity contribution in [2.75, 3.05) is 7.11 Å². The summed E-state index contributed by atoms with van der Waals surface area (Å²) in [6, 6.07) is 7.77. The van der Waals surface area contributed by atoms with Crippen LogP contribution in [0.5, 0.6) is 5.75 Å². The number of hydrogen-bond donors (Lipinski definition) is 1. The van der Waals surface area contributed by atoms with Gasteiger partial charge >= 0.3 is 0 Å². The summed E-state index contributed by atoms with van der Waals surface area (Å²) in [5.74, 6) is 1.11. The van der Waals surface area contributed by atoms with Crippen LogP contribution in [0.3, 0.4) is 0 Å². The lowest BCUT2D eigenvalue weighted by molar-refractivity contribution is -0.121. The number of aromatic nitrogens is 4. The molecule has 0 fully saturated rings. The third kappa shape index (κ3) is 4.51. The molecule has 1 aromatic carbocycles. The summed E-state index contributed by atoms with van der Waals surface area (Å²) in [4.78, 5) is 13.7. The second kappa shape index (κ2) is 7.71. The molecule has 2 aromatic rings. The van der Waals surface area contributed by atoms with Crippen molar-refractivity contribution in [3.63, 3.8) is 0 Å². The maximum absolute atomic E-state index is 12.2. The molecule has 1 atom stereocenters. The average molecular weight is 317 g/mol. The lowest BCUT2D eigenvalue weighted by Gasteiger charge is -2.17. The molecule has 0 saturated heterocycles.